The van der Waals surface area contributed by atoms with Gasteiger partial charge in [0.15, 0.2) is 18.4 Å². The van der Waals surface area contributed by atoms with E-state index in [1.165, 1.54) is 0 Å². The maximum absolute atomic E-state index is 14.1. The van der Waals surface area contributed by atoms with Crippen LogP contribution in [0.1, 0.15) is 100 Å². The van der Waals surface area contributed by atoms with Gasteiger partial charge < -0.3 is 67.8 Å². The van der Waals surface area contributed by atoms with Crippen molar-refractivity contribution in [3.8, 4) is 0 Å². The van der Waals surface area contributed by atoms with Crippen LogP contribution in [-0.2, 0) is 52.2 Å². The average Bonchev–Trinajstić information content (AvgIpc) is 3.67. The highest BCUT2D eigenvalue weighted by Gasteiger charge is 2.69. The van der Waals surface area contributed by atoms with Crippen molar-refractivity contribution in [2.24, 2.45) is 29.1 Å². The number of carbonyl (C=O) groups excluding carboxylic acids is 1. The summed E-state index contributed by atoms with van der Waals surface area (Å²) in [7, 11) is 3.21. The van der Waals surface area contributed by atoms with Crippen molar-refractivity contribution in [2.45, 2.75) is 198 Å². The first-order valence-corrected chi connectivity index (χ1v) is 23.7. The molecule has 5 fully saturated rings. The highest BCUT2D eigenvalue weighted by Crippen LogP contribution is 2.57. The largest absolute Gasteiger partial charge is 0.462 e. The second kappa shape index (κ2) is 20.2. The van der Waals surface area contributed by atoms with Gasteiger partial charge in [-0.3, -0.25) is 4.79 Å². The Balaban J connectivity index is 1.19. The van der Waals surface area contributed by atoms with Gasteiger partial charge in [-0.15, -0.1) is 0 Å². The Labute approximate surface area is 379 Å². The fourth-order valence-corrected chi connectivity index (χ4v) is 11.4. The molecular formula is C49H76O15. The minimum absolute atomic E-state index is 0.0411. The molecule has 0 unspecified atom stereocenters. The molecule has 15 nitrogen and oxygen atoms in total. The first-order valence-electron chi connectivity index (χ1n) is 23.7. The van der Waals surface area contributed by atoms with Crippen LogP contribution in [0.15, 0.2) is 47.6 Å². The normalized spacial score (nSPS) is 50.4. The van der Waals surface area contributed by atoms with Crippen molar-refractivity contribution in [1.82, 2.24) is 0 Å². The lowest BCUT2D eigenvalue weighted by Crippen LogP contribution is -2.55. The molecule has 7 aliphatic rings. The molecule has 6 heterocycles. The van der Waals surface area contributed by atoms with Crippen LogP contribution in [0.4, 0.5) is 0 Å². The van der Waals surface area contributed by atoms with E-state index >= 15 is 0 Å². The molecule has 4 N–H and O–H groups in total. The molecule has 0 aromatic rings. The number of rotatable bonds is 9. The number of methoxy groups -OCH3 is 2. The number of hydrogen-bond acceptors (Lipinski definition) is 15. The molecule has 1 saturated carbocycles. The number of aliphatic hydroxyl groups is 4. The lowest BCUT2D eigenvalue weighted by molar-refractivity contribution is -0.318. The molecular weight excluding hydrogens is 829 g/mol. The number of allylic oxidation sites excluding steroid dienone is 2. The number of esters is 1. The molecule has 1 spiro atoms. The van der Waals surface area contributed by atoms with Gasteiger partial charge in [0.2, 0.25) is 0 Å². The molecule has 15 heteroatoms. The predicted molar refractivity (Wildman–Crippen MR) is 233 cm³/mol. The van der Waals surface area contributed by atoms with E-state index in [0.29, 0.717) is 31.3 Å². The third-order valence-electron chi connectivity index (χ3n) is 15.6. The lowest BCUT2D eigenvalue weighted by atomic mass is 9.71. The van der Waals surface area contributed by atoms with E-state index in [-0.39, 0.29) is 43.3 Å². The molecule has 0 radical (unpaired) electrons. The Morgan fingerprint density at radius 2 is 1.62 bits per heavy atom. The van der Waals surface area contributed by atoms with Crippen molar-refractivity contribution in [3.63, 3.8) is 0 Å². The van der Waals surface area contributed by atoms with Gasteiger partial charge in [0.1, 0.15) is 30.0 Å². The Morgan fingerprint density at radius 1 is 0.922 bits per heavy atom. The monoisotopic (exact) mass is 905 g/mol. The summed E-state index contributed by atoms with van der Waals surface area (Å²) < 4.78 is 63.6. The summed E-state index contributed by atoms with van der Waals surface area (Å²) in [5.74, 6) is -2.38. The molecule has 0 amide bonds. The highest BCUT2D eigenvalue weighted by molar-refractivity contribution is 5.71. The zero-order valence-electron chi connectivity index (χ0n) is 39.5. The predicted octanol–water partition coefficient (Wildman–Crippen LogP) is 4.82. The van der Waals surface area contributed by atoms with Crippen molar-refractivity contribution in [1.29, 1.82) is 0 Å². The number of fused-ring (bicyclic) bond motifs is 2. The molecule has 2 bridgehead atoms. The van der Waals surface area contributed by atoms with Gasteiger partial charge in [-0.25, -0.2) is 0 Å². The molecule has 0 aromatic carbocycles. The van der Waals surface area contributed by atoms with Crippen LogP contribution in [0, 0.1) is 29.1 Å². The summed E-state index contributed by atoms with van der Waals surface area (Å²) >= 11 is 0. The molecule has 64 heavy (non-hydrogen) atoms. The summed E-state index contributed by atoms with van der Waals surface area (Å²) in [6.45, 7) is 15.5. The fraction of sp³-hybridized carbons (Fsp3) is 0.816. The zero-order chi connectivity index (χ0) is 46.3. The van der Waals surface area contributed by atoms with Gasteiger partial charge in [-0.1, -0.05) is 71.4 Å². The summed E-state index contributed by atoms with van der Waals surface area (Å²) in [5, 5.41) is 45.4. The van der Waals surface area contributed by atoms with E-state index in [2.05, 4.69) is 39.8 Å². The molecule has 7 rings (SSSR count). The Morgan fingerprint density at radius 3 is 2.33 bits per heavy atom. The van der Waals surface area contributed by atoms with Crippen molar-refractivity contribution in [3.05, 3.63) is 47.6 Å². The van der Waals surface area contributed by atoms with Crippen LogP contribution >= 0.6 is 0 Å². The minimum atomic E-state index is -1.75. The number of carbonyl (C=O) groups is 1. The van der Waals surface area contributed by atoms with Crippen LogP contribution in [0.5, 0.6) is 0 Å². The van der Waals surface area contributed by atoms with Crippen LogP contribution in [0.3, 0.4) is 0 Å². The Kier molecular flexibility index (Phi) is 15.8. The first kappa shape index (κ1) is 49.8. The van der Waals surface area contributed by atoms with E-state index < -0.39 is 115 Å². The molecule has 6 aliphatic heterocycles. The summed E-state index contributed by atoms with van der Waals surface area (Å²) in [6, 6.07) is 0. The smallest absolute Gasteiger partial charge is 0.306 e. The molecule has 1 aliphatic carbocycles. The summed E-state index contributed by atoms with van der Waals surface area (Å²) in [4.78, 5) is 14.1. The topological polar surface area (TPSA) is 190 Å². The van der Waals surface area contributed by atoms with Crippen LogP contribution in [0.25, 0.3) is 0 Å². The molecule has 362 valence electrons. The van der Waals surface area contributed by atoms with Crippen LogP contribution < -0.4 is 0 Å². The third-order valence-corrected chi connectivity index (χ3v) is 15.6. The van der Waals surface area contributed by atoms with Crippen LogP contribution in [-0.4, -0.2) is 151 Å². The van der Waals surface area contributed by atoms with Gasteiger partial charge in [0.25, 0.3) is 0 Å². The number of aliphatic hydroxyl groups excluding tert-OH is 3. The van der Waals surface area contributed by atoms with Gasteiger partial charge in [-0.2, -0.15) is 0 Å². The maximum atomic E-state index is 14.1. The summed E-state index contributed by atoms with van der Waals surface area (Å²) in [6.07, 6.45) is 6.29. The maximum Gasteiger partial charge on any atom is 0.306 e. The Bertz CT molecular complexity index is 1730. The summed E-state index contributed by atoms with van der Waals surface area (Å²) in [5.41, 5.74) is -1.57. The average molecular weight is 905 g/mol. The second-order valence-corrected chi connectivity index (χ2v) is 20.0. The van der Waals surface area contributed by atoms with E-state index in [4.69, 9.17) is 47.4 Å². The van der Waals surface area contributed by atoms with Crippen LogP contribution in [0.2, 0.25) is 0 Å². The quantitative estimate of drug-likeness (QED) is 0.182. The van der Waals surface area contributed by atoms with Gasteiger partial charge in [0.05, 0.1) is 68.5 Å². The lowest BCUT2D eigenvalue weighted by Gasteiger charge is -2.48. The van der Waals surface area contributed by atoms with E-state index in [1.807, 2.05) is 32.1 Å². The van der Waals surface area contributed by atoms with E-state index in [0.717, 1.165) is 12.0 Å². The SMILES string of the molecule is CC[C@H](C)[C@H]1O[C@]2(C=C[C@@H]1C)C[C@@H]1C[C@@H](C/C=C(/C)[C@@H](O[C@H]3C[C@H](OC)[C@@H](O[C@H]4C[C@H](OC)[C@@H](O)[C@H](C)O4)[C@H](C)O3)[C@@H](C)/C=C\C=C3\CO[C@@H]4[C@H](O)[C@](C)(CO)[C@H](CC(=O)O1)[C@]34O)O2. The van der Waals surface area contributed by atoms with E-state index in [9.17, 15) is 25.2 Å². The second-order valence-electron chi connectivity index (χ2n) is 20.0. The third kappa shape index (κ3) is 9.77. The highest BCUT2D eigenvalue weighted by atomic mass is 16.7. The molecule has 21 atom stereocenters. The van der Waals surface area contributed by atoms with Crippen molar-refractivity contribution >= 4 is 5.97 Å². The molecule has 0 aromatic heterocycles. The zero-order valence-corrected chi connectivity index (χ0v) is 39.5. The first-order chi connectivity index (χ1) is 30.4. The number of ether oxygens (including phenoxy) is 10. The van der Waals surface area contributed by atoms with E-state index in [1.54, 1.807) is 34.1 Å². The standard InChI is InChI=1S/C49H76O15/c1-11-26(2)43-29(5)17-18-48(64-43)23-34-19-33(63-48)16-15-28(4)42(61-40-21-36(56-10)44(31(7)59-40)62-39-20-35(55-9)41(52)30(6)58-39)27(3)13-12-14-32-24-57-46-45(53)47(8,25-50)37(49(32,46)54)22-38(51)60-34/h12-15,17-18,26-27,29-31,33-37,39-46,50,52-54H,11,16,19-25H2,1-10H3/b13-12-,28-15-,32-14-/t26-,27-,29-,30-,31-,33+,34-,35-,36-,37-,39-,40-,41-,42-,43+,44-,45-,46+,47+,48+,49+/m0/s1. The fourth-order valence-electron chi connectivity index (χ4n) is 11.4. The van der Waals surface area contributed by atoms with Crippen molar-refractivity contribution in [2.75, 3.05) is 27.4 Å². The molecule has 4 saturated heterocycles. The van der Waals surface area contributed by atoms with Crippen molar-refractivity contribution < 1.29 is 72.6 Å². The minimum Gasteiger partial charge on any atom is -0.462 e. The number of hydrogen-bond donors (Lipinski definition) is 4. The van der Waals surface area contributed by atoms with Gasteiger partial charge in [-0.05, 0) is 50.3 Å². The van der Waals surface area contributed by atoms with Gasteiger partial charge >= 0.3 is 5.97 Å². The Hall–Kier alpha value is -2.09. The van der Waals surface area contributed by atoms with Gasteiger partial charge in [0, 0.05) is 63.1 Å².